The molecule has 0 fully saturated rings. The minimum Gasteiger partial charge on any atom is -0.374 e. The Balaban J connectivity index is 1.78. The average Bonchev–Trinajstić information content (AvgIpc) is 2.80. The summed E-state index contributed by atoms with van der Waals surface area (Å²) in [6, 6.07) is 6.89. The van der Waals surface area contributed by atoms with Gasteiger partial charge in [-0.1, -0.05) is 26.0 Å². The fraction of sp³-hybridized carbons (Fsp3) is 0.625. The first-order valence-corrected chi connectivity index (χ1v) is 7.50. The summed E-state index contributed by atoms with van der Waals surface area (Å²) < 4.78 is 0. The lowest BCUT2D eigenvalue weighted by Crippen LogP contribution is -2.31. The van der Waals surface area contributed by atoms with Gasteiger partial charge >= 0.3 is 0 Å². The lowest BCUT2D eigenvalue weighted by Gasteiger charge is -2.18. The van der Waals surface area contributed by atoms with Gasteiger partial charge in [-0.2, -0.15) is 0 Å². The molecule has 3 heteroatoms. The van der Waals surface area contributed by atoms with E-state index in [0.717, 1.165) is 39.3 Å². The van der Waals surface area contributed by atoms with Crippen molar-refractivity contribution < 1.29 is 0 Å². The predicted octanol–water partition coefficient (Wildman–Crippen LogP) is 2.11. The number of anilines is 1. The number of benzene rings is 1. The van der Waals surface area contributed by atoms with Crippen LogP contribution in [0.1, 0.15) is 25.0 Å². The lowest BCUT2D eigenvalue weighted by molar-refractivity contribution is 0.302. The number of fused-ring (bicyclic) bond motifs is 1. The monoisotopic (exact) mass is 261 g/mol. The summed E-state index contributed by atoms with van der Waals surface area (Å²) >= 11 is 0. The molecule has 0 spiro atoms. The molecule has 0 atom stereocenters. The molecular weight excluding hydrogens is 234 g/mol. The Morgan fingerprint density at radius 2 is 2.05 bits per heavy atom. The predicted molar refractivity (Wildman–Crippen MR) is 82.9 cm³/mol. The van der Waals surface area contributed by atoms with Crippen LogP contribution in [-0.2, 0) is 13.0 Å². The van der Waals surface area contributed by atoms with Crippen molar-refractivity contribution >= 4 is 5.69 Å². The van der Waals surface area contributed by atoms with Gasteiger partial charge in [0.15, 0.2) is 0 Å². The standard InChI is InChI=1S/C16H27N3/c1-4-19(5-2)11-9-17-13-14-6-7-16-15(12-14)8-10-18(16)3/h6-7,12,17H,4-5,8-11,13H2,1-3H3. The van der Waals surface area contributed by atoms with Gasteiger partial charge in [-0.25, -0.2) is 0 Å². The van der Waals surface area contributed by atoms with Crippen molar-refractivity contribution in [2.75, 3.05) is 44.7 Å². The number of likely N-dealkylation sites (N-methyl/N-ethyl adjacent to an activating group) is 2. The van der Waals surface area contributed by atoms with E-state index in [1.54, 1.807) is 0 Å². The topological polar surface area (TPSA) is 18.5 Å². The first-order valence-electron chi connectivity index (χ1n) is 7.50. The molecule has 1 aromatic carbocycles. The molecule has 2 rings (SSSR count). The molecule has 1 N–H and O–H groups in total. The Bertz CT molecular complexity index is 399. The summed E-state index contributed by atoms with van der Waals surface area (Å²) in [7, 11) is 2.17. The first-order chi connectivity index (χ1) is 9.24. The average molecular weight is 261 g/mol. The molecule has 1 aliphatic rings. The van der Waals surface area contributed by atoms with Gasteiger partial charge < -0.3 is 15.1 Å². The van der Waals surface area contributed by atoms with Crippen LogP contribution < -0.4 is 10.2 Å². The third kappa shape index (κ3) is 3.71. The third-order valence-electron chi connectivity index (χ3n) is 4.10. The Hall–Kier alpha value is -1.06. The zero-order chi connectivity index (χ0) is 13.7. The Labute approximate surface area is 117 Å². The number of rotatable bonds is 7. The molecule has 1 aromatic rings. The zero-order valence-electron chi connectivity index (χ0n) is 12.6. The lowest BCUT2D eigenvalue weighted by atomic mass is 10.1. The molecule has 1 heterocycles. The highest BCUT2D eigenvalue weighted by atomic mass is 15.1. The maximum Gasteiger partial charge on any atom is 0.0397 e. The summed E-state index contributed by atoms with van der Waals surface area (Å²) in [6.07, 6.45) is 1.19. The van der Waals surface area contributed by atoms with E-state index in [2.05, 4.69) is 54.2 Å². The number of nitrogens with zero attached hydrogens (tertiary/aromatic N) is 2. The smallest absolute Gasteiger partial charge is 0.0397 e. The Kier molecular flexibility index (Phi) is 5.23. The molecular formula is C16H27N3. The van der Waals surface area contributed by atoms with Crippen LogP contribution in [0, 0.1) is 0 Å². The molecule has 0 radical (unpaired) electrons. The molecule has 0 unspecified atom stereocenters. The molecule has 19 heavy (non-hydrogen) atoms. The molecule has 0 saturated heterocycles. The minimum absolute atomic E-state index is 0.984. The van der Waals surface area contributed by atoms with E-state index in [4.69, 9.17) is 0 Å². The molecule has 0 bridgehead atoms. The molecule has 0 aliphatic carbocycles. The summed E-state index contributed by atoms with van der Waals surface area (Å²) in [5.41, 5.74) is 4.33. The van der Waals surface area contributed by atoms with Crippen molar-refractivity contribution in [2.45, 2.75) is 26.8 Å². The van der Waals surface area contributed by atoms with E-state index >= 15 is 0 Å². The van der Waals surface area contributed by atoms with Gasteiger partial charge in [0, 0.05) is 38.9 Å². The van der Waals surface area contributed by atoms with Crippen LogP contribution in [0.2, 0.25) is 0 Å². The second-order valence-electron chi connectivity index (χ2n) is 5.34. The SMILES string of the molecule is CCN(CC)CCNCc1ccc2c(c1)CCN2C. The van der Waals surface area contributed by atoms with Crippen molar-refractivity contribution in [3.63, 3.8) is 0 Å². The number of nitrogens with one attached hydrogen (secondary N) is 1. The number of hydrogen-bond donors (Lipinski definition) is 1. The van der Waals surface area contributed by atoms with Crippen LogP contribution in [-0.4, -0.2) is 44.7 Å². The van der Waals surface area contributed by atoms with Gasteiger partial charge in [0.2, 0.25) is 0 Å². The van der Waals surface area contributed by atoms with Gasteiger partial charge in [0.1, 0.15) is 0 Å². The van der Waals surface area contributed by atoms with Crippen LogP contribution in [0.3, 0.4) is 0 Å². The van der Waals surface area contributed by atoms with Crippen molar-refractivity contribution in [1.29, 1.82) is 0 Å². The van der Waals surface area contributed by atoms with Crippen molar-refractivity contribution in [3.05, 3.63) is 29.3 Å². The molecule has 106 valence electrons. The van der Waals surface area contributed by atoms with E-state index in [1.165, 1.54) is 23.2 Å². The highest BCUT2D eigenvalue weighted by Gasteiger charge is 2.15. The largest absolute Gasteiger partial charge is 0.374 e. The summed E-state index contributed by atoms with van der Waals surface area (Å²) in [5.74, 6) is 0. The first kappa shape index (κ1) is 14.4. The molecule has 3 nitrogen and oxygen atoms in total. The van der Waals surface area contributed by atoms with E-state index in [-0.39, 0.29) is 0 Å². The molecule has 0 aromatic heterocycles. The van der Waals surface area contributed by atoms with Crippen LogP contribution in [0.5, 0.6) is 0 Å². The highest BCUT2D eigenvalue weighted by molar-refractivity contribution is 5.58. The zero-order valence-corrected chi connectivity index (χ0v) is 12.6. The van der Waals surface area contributed by atoms with Crippen molar-refractivity contribution in [3.8, 4) is 0 Å². The summed E-state index contributed by atoms with van der Waals surface area (Å²) in [6.45, 7) is 11.1. The molecule has 1 aliphatic heterocycles. The Morgan fingerprint density at radius 1 is 1.26 bits per heavy atom. The second kappa shape index (κ2) is 6.92. The van der Waals surface area contributed by atoms with Crippen molar-refractivity contribution in [2.24, 2.45) is 0 Å². The van der Waals surface area contributed by atoms with E-state index < -0.39 is 0 Å². The van der Waals surface area contributed by atoms with Crippen LogP contribution in [0.15, 0.2) is 18.2 Å². The van der Waals surface area contributed by atoms with Gasteiger partial charge in [0.05, 0.1) is 0 Å². The van der Waals surface area contributed by atoms with Crippen molar-refractivity contribution in [1.82, 2.24) is 10.2 Å². The van der Waals surface area contributed by atoms with E-state index in [9.17, 15) is 0 Å². The van der Waals surface area contributed by atoms with Gasteiger partial charge in [-0.15, -0.1) is 0 Å². The third-order valence-corrected chi connectivity index (χ3v) is 4.10. The maximum atomic E-state index is 3.55. The maximum absolute atomic E-state index is 3.55. The highest BCUT2D eigenvalue weighted by Crippen LogP contribution is 2.27. The van der Waals surface area contributed by atoms with Gasteiger partial charge in [-0.3, -0.25) is 0 Å². The van der Waals surface area contributed by atoms with E-state index in [0.29, 0.717) is 0 Å². The molecule has 0 saturated carbocycles. The van der Waals surface area contributed by atoms with Gasteiger partial charge in [0.25, 0.3) is 0 Å². The van der Waals surface area contributed by atoms with E-state index in [1.807, 2.05) is 0 Å². The van der Waals surface area contributed by atoms with Crippen LogP contribution >= 0.6 is 0 Å². The fourth-order valence-electron chi connectivity index (χ4n) is 2.74. The summed E-state index contributed by atoms with van der Waals surface area (Å²) in [4.78, 5) is 4.79. The van der Waals surface area contributed by atoms with Crippen LogP contribution in [0.4, 0.5) is 5.69 Å². The van der Waals surface area contributed by atoms with Crippen LogP contribution in [0.25, 0.3) is 0 Å². The number of hydrogen-bond acceptors (Lipinski definition) is 3. The quantitative estimate of drug-likeness (QED) is 0.758. The Morgan fingerprint density at radius 3 is 2.79 bits per heavy atom. The van der Waals surface area contributed by atoms with Gasteiger partial charge in [-0.05, 0) is 36.7 Å². The molecule has 0 amide bonds. The fourth-order valence-corrected chi connectivity index (χ4v) is 2.74. The normalized spacial score (nSPS) is 14.2. The minimum atomic E-state index is 0.984. The summed E-state index contributed by atoms with van der Waals surface area (Å²) in [5, 5.41) is 3.55. The second-order valence-corrected chi connectivity index (χ2v) is 5.34.